The maximum Gasteiger partial charge on any atom is 0.127 e. The Morgan fingerprint density at radius 1 is 1.25 bits per heavy atom. The minimum absolute atomic E-state index is 0.177. The fraction of sp³-hybridized carbons (Fsp3) is 0.200. The lowest BCUT2D eigenvalue weighted by Crippen LogP contribution is -2.17. The van der Waals surface area contributed by atoms with Crippen LogP contribution in [0.1, 0.15) is 0 Å². The Morgan fingerprint density at radius 2 is 2.08 bits per heavy atom. The van der Waals surface area contributed by atoms with E-state index in [-0.39, 0.29) is 5.75 Å². The van der Waals surface area contributed by atoms with Crippen LogP contribution in [0.5, 0.6) is 11.5 Å². The van der Waals surface area contributed by atoms with Crippen LogP contribution in [0.25, 0.3) is 11.1 Å². The number of hydrogen-bond acceptors (Lipinski definition) is 3. The van der Waals surface area contributed by atoms with E-state index < -0.39 is 0 Å². The highest BCUT2D eigenvalue weighted by Gasteiger charge is 2.06. The van der Waals surface area contributed by atoms with Crippen LogP contribution in [0.3, 0.4) is 0 Å². The molecule has 0 fully saturated rings. The van der Waals surface area contributed by atoms with Crippen molar-refractivity contribution in [3.63, 3.8) is 0 Å². The quantitative estimate of drug-likeness (QED) is 0.668. The Balaban J connectivity index is 1.93. The van der Waals surface area contributed by atoms with Crippen molar-refractivity contribution in [1.82, 2.24) is 4.90 Å². The minimum atomic E-state index is 0.177. The molecule has 0 unspecified atom stereocenters. The first kappa shape index (κ1) is 18.3. The largest absolute Gasteiger partial charge is 0.507 e. The summed E-state index contributed by atoms with van der Waals surface area (Å²) in [5, 5.41) is 10.2. The monoisotopic (exact) mass is 386 g/mol. The highest BCUT2D eigenvalue weighted by molar-refractivity contribution is 9.10. The lowest BCUT2D eigenvalue weighted by Gasteiger charge is -2.10. The Morgan fingerprint density at radius 3 is 2.79 bits per heavy atom. The zero-order valence-corrected chi connectivity index (χ0v) is 15.3. The molecule has 1 radical (unpaired) electrons. The van der Waals surface area contributed by atoms with Gasteiger partial charge in [0.05, 0.1) is 0 Å². The van der Waals surface area contributed by atoms with Crippen LogP contribution in [0, 0.1) is 6.07 Å². The molecule has 2 aromatic carbocycles. The molecule has 3 nitrogen and oxygen atoms in total. The van der Waals surface area contributed by atoms with Gasteiger partial charge in [-0.1, -0.05) is 40.2 Å². The first-order valence-corrected chi connectivity index (χ1v) is 8.47. The number of halogens is 1. The number of phenolic OH excluding ortho intramolecular Hbond substituents is 1. The second-order valence-corrected chi connectivity index (χ2v) is 6.31. The van der Waals surface area contributed by atoms with Gasteiger partial charge in [0.25, 0.3) is 0 Å². The van der Waals surface area contributed by atoms with Crippen molar-refractivity contribution >= 4 is 15.9 Å². The van der Waals surface area contributed by atoms with Crippen molar-refractivity contribution in [2.24, 2.45) is 0 Å². The van der Waals surface area contributed by atoms with Crippen molar-refractivity contribution in [1.29, 1.82) is 0 Å². The lowest BCUT2D eigenvalue weighted by molar-refractivity contribution is 0.357. The maximum absolute atomic E-state index is 10.2. The number of likely N-dealkylation sites (N-methyl/N-ethyl adjacent to an activating group) is 1. The summed E-state index contributed by atoms with van der Waals surface area (Å²) < 4.78 is 6.59. The topological polar surface area (TPSA) is 32.7 Å². The second kappa shape index (κ2) is 9.30. The van der Waals surface area contributed by atoms with E-state index in [1.165, 1.54) is 0 Å². The van der Waals surface area contributed by atoms with Crippen molar-refractivity contribution in [2.75, 3.05) is 26.7 Å². The van der Waals surface area contributed by atoms with Crippen LogP contribution < -0.4 is 4.74 Å². The Hall–Kier alpha value is -2.04. The number of nitrogens with zero attached hydrogens (tertiary/aromatic N) is 1. The van der Waals surface area contributed by atoms with Gasteiger partial charge >= 0.3 is 0 Å². The number of phenols is 1. The van der Waals surface area contributed by atoms with Crippen LogP contribution >= 0.6 is 15.9 Å². The molecule has 0 aliphatic carbocycles. The van der Waals surface area contributed by atoms with Crippen LogP contribution in [-0.4, -0.2) is 36.8 Å². The second-order valence-electron chi connectivity index (χ2n) is 5.39. The molecule has 0 heterocycles. The van der Waals surface area contributed by atoms with Gasteiger partial charge < -0.3 is 9.84 Å². The van der Waals surface area contributed by atoms with Gasteiger partial charge in [-0.25, -0.2) is 0 Å². The molecule has 0 atom stereocenters. The highest BCUT2D eigenvalue weighted by atomic mass is 79.9. The van der Waals surface area contributed by atoms with Crippen LogP contribution in [-0.2, 0) is 0 Å². The fourth-order valence-corrected chi connectivity index (χ4v) is 2.55. The first-order chi connectivity index (χ1) is 11.6. The maximum atomic E-state index is 10.2. The van der Waals surface area contributed by atoms with Gasteiger partial charge in [-0.15, -0.1) is 6.58 Å². The van der Waals surface area contributed by atoms with Gasteiger partial charge in [-0.3, -0.25) is 4.90 Å². The van der Waals surface area contributed by atoms with Crippen LogP contribution in [0.2, 0.25) is 0 Å². The van der Waals surface area contributed by atoms with Crippen LogP contribution in [0.4, 0.5) is 0 Å². The molecule has 2 rings (SSSR count). The number of aromatic hydroxyl groups is 1. The van der Waals surface area contributed by atoms with Crippen LogP contribution in [0.15, 0.2) is 65.7 Å². The molecule has 125 valence electrons. The molecule has 0 aliphatic heterocycles. The first-order valence-electron chi connectivity index (χ1n) is 7.68. The molecular formula is C20H21BrNO2. The Kier molecular flexibility index (Phi) is 7.09. The zero-order valence-electron chi connectivity index (χ0n) is 13.7. The number of rotatable bonds is 8. The molecule has 4 heteroatoms. The van der Waals surface area contributed by atoms with E-state index in [9.17, 15) is 5.11 Å². The third-order valence-electron chi connectivity index (χ3n) is 3.39. The molecule has 0 saturated heterocycles. The number of ether oxygens (including phenoxy) is 1. The summed E-state index contributed by atoms with van der Waals surface area (Å²) in [6.45, 7) is 5.87. The average molecular weight is 387 g/mol. The molecule has 24 heavy (non-hydrogen) atoms. The van der Waals surface area contributed by atoms with Gasteiger partial charge in [-0.05, 0) is 42.9 Å². The predicted molar refractivity (Wildman–Crippen MR) is 102 cm³/mol. The Bertz CT molecular complexity index is 713. The van der Waals surface area contributed by atoms with E-state index in [2.05, 4.69) is 33.5 Å². The average Bonchev–Trinajstić information content (AvgIpc) is 2.55. The van der Waals surface area contributed by atoms with E-state index >= 15 is 0 Å². The predicted octanol–water partition coefficient (Wildman–Crippen LogP) is 4.67. The number of benzene rings is 2. The summed E-state index contributed by atoms with van der Waals surface area (Å²) >= 11 is 3.42. The summed E-state index contributed by atoms with van der Waals surface area (Å²) in [6.07, 6.45) is 5.89. The van der Waals surface area contributed by atoms with Crippen molar-refractivity contribution in [3.8, 4) is 22.6 Å². The normalized spacial score (nSPS) is 11.1. The number of hydrogen-bond donors (Lipinski definition) is 1. The standard InChI is InChI=1S/C20H21BrNO2/c1-3-11-22(2)12-4-5-13-24-18-9-10-19(20(23)15-18)16-7-6-8-17(21)14-16/h3-6,8-10,14-15,23H,1,11-13H2,2H3/b5-4+. The van der Waals surface area contributed by atoms with Gasteiger partial charge in [0, 0.05) is 29.2 Å². The molecule has 0 amide bonds. The summed E-state index contributed by atoms with van der Waals surface area (Å²) in [4.78, 5) is 2.14. The summed E-state index contributed by atoms with van der Waals surface area (Å²) in [7, 11) is 2.03. The van der Waals surface area contributed by atoms with E-state index in [1.54, 1.807) is 6.07 Å². The lowest BCUT2D eigenvalue weighted by atomic mass is 10.0. The summed E-state index contributed by atoms with van der Waals surface area (Å²) in [6, 6.07) is 14.1. The van der Waals surface area contributed by atoms with Gasteiger partial charge in [-0.2, -0.15) is 0 Å². The molecule has 0 aliphatic rings. The van der Waals surface area contributed by atoms with Gasteiger partial charge in [0.2, 0.25) is 0 Å². The fourth-order valence-electron chi connectivity index (χ4n) is 2.19. The van der Waals surface area contributed by atoms with Crippen molar-refractivity contribution in [3.05, 3.63) is 71.7 Å². The third-order valence-corrected chi connectivity index (χ3v) is 3.89. The molecular weight excluding hydrogens is 366 g/mol. The minimum Gasteiger partial charge on any atom is -0.507 e. The van der Waals surface area contributed by atoms with Gasteiger partial charge in [0.1, 0.15) is 18.1 Å². The van der Waals surface area contributed by atoms with E-state index in [0.717, 1.165) is 28.7 Å². The summed E-state index contributed by atoms with van der Waals surface area (Å²) in [5.41, 5.74) is 1.56. The van der Waals surface area contributed by atoms with Crippen molar-refractivity contribution in [2.45, 2.75) is 0 Å². The van der Waals surface area contributed by atoms with E-state index in [0.29, 0.717) is 12.4 Å². The SMILES string of the molecule is C=CCN(C)C/C=C/COc1ccc(-c2[c]ccc(Br)c2)c(O)c1. The Labute approximate surface area is 152 Å². The van der Waals surface area contributed by atoms with E-state index in [4.69, 9.17) is 4.74 Å². The molecule has 0 bridgehead atoms. The van der Waals surface area contributed by atoms with Crippen molar-refractivity contribution < 1.29 is 9.84 Å². The molecule has 2 aromatic rings. The summed E-state index contributed by atoms with van der Waals surface area (Å²) in [5.74, 6) is 0.812. The molecule has 1 N–H and O–H groups in total. The highest BCUT2D eigenvalue weighted by Crippen LogP contribution is 2.33. The third kappa shape index (κ3) is 5.55. The molecule has 0 spiro atoms. The molecule has 0 aromatic heterocycles. The smallest absolute Gasteiger partial charge is 0.127 e. The molecule has 0 saturated carbocycles. The zero-order chi connectivity index (χ0) is 17.4. The van der Waals surface area contributed by atoms with Gasteiger partial charge in [0.15, 0.2) is 0 Å². The van der Waals surface area contributed by atoms with E-state index in [1.807, 2.05) is 55.6 Å².